The maximum Gasteiger partial charge on any atom is 0.310 e. The summed E-state index contributed by atoms with van der Waals surface area (Å²) in [6.07, 6.45) is 1.90. The minimum absolute atomic E-state index is 0.120. The maximum absolute atomic E-state index is 12.8. The van der Waals surface area contributed by atoms with E-state index in [1.54, 1.807) is 6.92 Å². The number of rotatable bonds is 3. The van der Waals surface area contributed by atoms with Gasteiger partial charge in [0.15, 0.2) is 0 Å². The van der Waals surface area contributed by atoms with Gasteiger partial charge in [-0.3, -0.25) is 0 Å². The Morgan fingerprint density at radius 3 is 2.26 bits per heavy atom. The summed E-state index contributed by atoms with van der Waals surface area (Å²) >= 11 is 0. The van der Waals surface area contributed by atoms with E-state index in [2.05, 4.69) is 0 Å². The van der Waals surface area contributed by atoms with Crippen molar-refractivity contribution in [2.45, 2.75) is 18.2 Å². The van der Waals surface area contributed by atoms with Gasteiger partial charge in [-0.25, -0.2) is 0 Å². The number of fused-ring (bicyclic) bond motifs is 1. The zero-order valence-electron chi connectivity index (χ0n) is 10.2. The highest BCUT2D eigenvalue weighted by atomic mass is 32.5. The first kappa shape index (κ1) is 14.0. The zero-order valence-corrected chi connectivity index (χ0v) is 11.0. The fraction of sp³-hybridized carbons (Fsp3) is 0.273. The summed E-state index contributed by atoms with van der Waals surface area (Å²) in [7, 11) is -8.30. The van der Waals surface area contributed by atoms with Crippen LogP contribution in [0.2, 0.25) is 0 Å². The summed E-state index contributed by atoms with van der Waals surface area (Å²) in [5, 5.41) is 0.120. The van der Waals surface area contributed by atoms with Crippen molar-refractivity contribution in [1.82, 2.24) is 4.73 Å². The second-order valence-electron chi connectivity index (χ2n) is 4.16. The third-order valence-corrected chi connectivity index (χ3v) is 3.99. The predicted octanol–water partition coefficient (Wildman–Crippen LogP) is 4.92. The molecule has 0 saturated heterocycles. The highest BCUT2D eigenvalue weighted by Crippen LogP contribution is 3.02. The van der Waals surface area contributed by atoms with Crippen LogP contribution in [0.3, 0.4) is 0 Å². The largest absolute Gasteiger partial charge is 0.417 e. The van der Waals surface area contributed by atoms with Gasteiger partial charge < -0.3 is 4.84 Å². The summed E-state index contributed by atoms with van der Waals surface area (Å²) in [4.78, 5) is 3.06. The Balaban J connectivity index is 2.79. The molecule has 0 aliphatic rings. The number of aromatic nitrogens is 1. The van der Waals surface area contributed by atoms with E-state index in [4.69, 9.17) is 4.84 Å². The quantitative estimate of drug-likeness (QED) is 0.734. The predicted molar refractivity (Wildman–Crippen MR) is 65.2 cm³/mol. The van der Waals surface area contributed by atoms with Crippen LogP contribution in [0.5, 0.6) is 0 Å². The first-order valence-electron chi connectivity index (χ1n) is 5.39. The van der Waals surface area contributed by atoms with Crippen LogP contribution in [-0.2, 0) is 6.42 Å². The lowest BCUT2D eigenvalue weighted by Crippen LogP contribution is -2.06. The highest BCUT2D eigenvalue weighted by Gasteiger charge is 2.65. The fourth-order valence-electron chi connectivity index (χ4n) is 1.92. The average Bonchev–Trinajstić information content (AvgIpc) is 2.63. The molecule has 0 aliphatic heterocycles. The van der Waals surface area contributed by atoms with Gasteiger partial charge >= 0.3 is 10.2 Å². The van der Waals surface area contributed by atoms with Gasteiger partial charge in [0.1, 0.15) is 12.0 Å². The summed E-state index contributed by atoms with van der Waals surface area (Å²) in [6, 6.07) is 1.87. The molecule has 0 bridgehead atoms. The van der Waals surface area contributed by atoms with Gasteiger partial charge in [-0.05, 0) is 30.2 Å². The van der Waals surface area contributed by atoms with Gasteiger partial charge in [0.25, 0.3) is 0 Å². The number of halogens is 5. The summed E-state index contributed by atoms with van der Waals surface area (Å²) in [5.74, 6) is 0. The molecule has 0 unspecified atom stereocenters. The molecule has 2 rings (SSSR count). The van der Waals surface area contributed by atoms with Crippen LogP contribution in [0, 0.1) is 0 Å². The minimum atomic E-state index is -9.65. The van der Waals surface area contributed by atoms with E-state index in [0.717, 1.165) is 6.07 Å². The van der Waals surface area contributed by atoms with Gasteiger partial charge in [0, 0.05) is 11.6 Å². The van der Waals surface area contributed by atoms with Gasteiger partial charge in [-0.1, -0.05) is 26.4 Å². The van der Waals surface area contributed by atoms with E-state index in [1.807, 2.05) is 0 Å². The zero-order chi connectivity index (χ0) is 14.5. The molecule has 108 valence electrons. The van der Waals surface area contributed by atoms with E-state index < -0.39 is 15.1 Å². The van der Waals surface area contributed by atoms with Crippen molar-refractivity contribution in [3.8, 4) is 0 Å². The summed E-state index contributed by atoms with van der Waals surface area (Å²) in [6.45, 7) is 1.72. The molecular weight excluding hydrogens is 289 g/mol. The maximum atomic E-state index is 12.8. The third-order valence-electron chi connectivity index (χ3n) is 2.85. The Morgan fingerprint density at radius 2 is 1.79 bits per heavy atom. The molecule has 19 heavy (non-hydrogen) atoms. The molecule has 0 radical (unpaired) electrons. The third kappa shape index (κ3) is 2.49. The van der Waals surface area contributed by atoms with Gasteiger partial charge in [-0.2, -0.15) is 4.73 Å². The Hall–Kier alpha value is -1.44. The van der Waals surface area contributed by atoms with Crippen molar-refractivity contribution in [2.75, 3.05) is 7.11 Å². The first-order chi connectivity index (χ1) is 8.46. The molecule has 0 saturated carbocycles. The van der Waals surface area contributed by atoms with Gasteiger partial charge in [0.05, 0.1) is 5.52 Å². The number of aryl methyl sites for hydroxylation is 1. The molecule has 0 N–H and O–H groups in total. The van der Waals surface area contributed by atoms with E-state index in [9.17, 15) is 19.4 Å². The van der Waals surface area contributed by atoms with Crippen LogP contribution in [0.1, 0.15) is 12.5 Å². The molecule has 2 aromatic rings. The molecular formula is C11H12F5NOS. The second kappa shape index (κ2) is 3.36. The molecule has 1 heterocycles. The number of hydrogen-bond acceptors (Lipinski definition) is 1. The van der Waals surface area contributed by atoms with E-state index in [1.165, 1.54) is 18.0 Å². The van der Waals surface area contributed by atoms with Crippen molar-refractivity contribution >= 4 is 21.1 Å². The van der Waals surface area contributed by atoms with E-state index >= 15 is 0 Å². The highest BCUT2D eigenvalue weighted by molar-refractivity contribution is 8.45. The number of benzene rings is 1. The normalized spacial score (nSPS) is 16.2. The lowest BCUT2D eigenvalue weighted by atomic mass is 10.1. The molecule has 8 heteroatoms. The molecule has 0 fully saturated rings. The Labute approximate surface area is 106 Å². The molecule has 1 aromatic heterocycles. The van der Waals surface area contributed by atoms with Crippen molar-refractivity contribution in [3.05, 3.63) is 30.0 Å². The van der Waals surface area contributed by atoms with Gasteiger partial charge in [-0.15, -0.1) is 0 Å². The van der Waals surface area contributed by atoms with Gasteiger partial charge in [0.2, 0.25) is 0 Å². The summed E-state index contributed by atoms with van der Waals surface area (Å²) in [5.41, 5.74) is 0.838. The van der Waals surface area contributed by atoms with E-state index in [-0.39, 0.29) is 5.39 Å². The second-order valence-corrected chi connectivity index (χ2v) is 6.57. The van der Waals surface area contributed by atoms with Crippen LogP contribution < -0.4 is 4.84 Å². The average molecular weight is 301 g/mol. The van der Waals surface area contributed by atoms with Crippen LogP contribution in [0.4, 0.5) is 19.4 Å². The van der Waals surface area contributed by atoms with Crippen molar-refractivity contribution in [2.24, 2.45) is 0 Å². The SMILES string of the molecule is CCc1cn(OC)c2ccc(S(F)(F)(F)(F)F)cc12. The number of hydrogen-bond donors (Lipinski definition) is 0. The standard InChI is InChI=1S/C11H12F5NOS/c1-3-8-7-17(18-2)11-5-4-9(6-10(8)11)19(12,13,14,15)16/h4-7H,3H2,1-2H3. The number of nitrogens with zero attached hydrogens (tertiary/aromatic N) is 1. The molecule has 0 spiro atoms. The van der Waals surface area contributed by atoms with Crippen LogP contribution >= 0.6 is 10.2 Å². The Kier molecular flexibility index (Phi) is 2.47. The molecule has 2 nitrogen and oxygen atoms in total. The Bertz CT molecular complexity index is 646. The lowest BCUT2D eigenvalue weighted by Gasteiger charge is -2.40. The first-order valence-corrected chi connectivity index (χ1v) is 7.34. The molecule has 0 atom stereocenters. The lowest BCUT2D eigenvalue weighted by molar-refractivity contribution is 0.179. The topological polar surface area (TPSA) is 14.2 Å². The molecule has 0 amide bonds. The fourth-order valence-corrected chi connectivity index (χ4v) is 2.58. The molecule has 0 aliphatic carbocycles. The van der Waals surface area contributed by atoms with Crippen LogP contribution in [0.25, 0.3) is 10.9 Å². The van der Waals surface area contributed by atoms with Crippen LogP contribution in [-0.4, -0.2) is 11.8 Å². The smallest absolute Gasteiger partial charge is 0.310 e. The van der Waals surface area contributed by atoms with Crippen LogP contribution in [0.15, 0.2) is 29.3 Å². The summed E-state index contributed by atoms with van der Waals surface area (Å²) < 4.78 is 65.1. The van der Waals surface area contributed by atoms with Crippen molar-refractivity contribution < 1.29 is 24.3 Å². The minimum Gasteiger partial charge on any atom is -0.417 e. The Morgan fingerprint density at radius 1 is 1.16 bits per heavy atom. The van der Waals surface area contributed by atoms with Crippen molar-refractivity contribution in [1.29, 1.82) is 0 Å². The van der Waals surface area contributed by atoms with Crippen molar-refractivity contribution in [3.63, 3.8) is 0 Å². The monoisotopic (exact) mass is 301 g/mol. The molecule has 1 aromatic carbocycles. The van der Waals surface area contributed by atoms with E-state index in [0.29, 0.717) is 29.6 Å².